The van der Waals surface area contributed by atoms with E-state index in [1.165, 1.54) is 0 Å². The van der Waals surface area contributed by atoms with Crippen LogP contribution in [-0.4, -0.2) is 47.8 Å². The van der Waals surface area contributed by atoms with Gasteiger partial charge in [0.1, 0.15) is 12.6 Å². The lowest BCUT2D eigenvalue weighted by molar-refractivity contribution is -0.139. The standard InChI is InChI=1S/C20H21N3O4/c1-25-13-18-21-20(22-27-18)17-12-26-9-8-23(17)19(24)11-14-6-7-15-4-2-3-5-16(15)10-14/h2-7,10,17H,8-9,11-13H2,1H3/t17-/m0/s1. The zero-order valence-electron chi connectivity index (χ0n) is 15.1. The maximum absolute atomic E-state index is 13.0. The molecular formula is C20H21N3O4. The van der Waals surface area contributed by atoms with Crippen molar-refractivity contribution in [1.29, 1.82) is 0 Å². The number of carbonyl (C=O) groups is 1. The number of nitrogens with zero attached hydrogens (tertiary/aromatic N) is 3. The van der Waals surface area contributed by atoms with Crippen LogP contribution in [0, 0.1) is 0 Å². The number of hydrogen-bond donors (Lipinski definition) is 0. The summed E-state index contributed by atoms with van der Waals surface area (Å²) in [6.45, 7) is 1.61. The van der Waals surface area contributed by atoms with E-state index in [1.807, 2.05) is 24.3 Å². The highest BCUT2D eigenvalue weighted by Crippen LogP contribution is 2.24. The van der Waals surface area contributed by atoms with Crippen LogP contribution in [0.1, 0.15) is 23.3 Å². The summed E-state index contributed by atoms with van der Waals surface area (Å²) in [6.07, 6.45) is 0.324. The van der Waals surface area contributed by atoms with E-state index in [2.05, 4.69) is 28.3 Å². The number of methoxy groups -OCH3 is 1. The quantitative estimate of drug-likeness (QED) is 0.690. The minimum atomic E-state index is -0.346. The largest absolute Gasteiger partial charge is 0.377 e. The van der Waals surface area contributed by atoms with Gasteiger partial charge in [0.15, 0.2) is 5.82 Å². The molecule has 0 bridgehead atoms. The van der Waals surface area contributed by atoms with Crippen molar-refractivity contribution in [3.05, 3.63) is 59.7 Å². The molecule has 0 N–H and O–H groups in total. The predicted molar refractivity (Wildman–Crippen MR) is 97.9 cm³/mol. The van der Waals surface area contributed by atoms with Gasteiger partial charge in [-0.25, -0.2) is 0 Å². The first-order valence-corrected chi connectivity index (χ1v) is 8.91. The SMILES string of the molecule is COCc1nc([C@@H]2COCCN2C(=O)Cc2ccc3ccccc3c2)no1. The smallest absolute Gasteiger partial charge is 0.252 e. The molecule has 27 heavy (non-hydrogen) atoms. The molecule has 140 valence electrons. The Morgan fingerprint density at radius 2 is 2.11 bits per heavy atom. The van der Waals surface area contributed by atoms with E-state index in [4.69, 9.17) is 14.0 Å². The average Bonchev–Trinajstić information content (AvgIpc) is 3.17. The Morgan fingerprint density at radius 1 is 1.26 bits per heavy atom. The summed E-state index contributed by atoms with van der Waals surface area (Å²) in [6, 6.07) is 13.9. The molecule has 0 saturated carbocycles. The summed E-state index contributed by atoms with van der Waals surface area (Å²) in [5.41, 5.74) is 0.983. The summed E-state index contributed by atoms with van der Waals surface area (Å²) in [5, 5.41) is 6.29. The molecule has 0 spiro atoms. The molecule has 7 nitrogen and oxygen atoms in total. The number of rotatable bonds is 5. The molecule has 0 radical (unpaired) electrons. The Morgan fingerprint density at radius 3 is 2.96 bits per heavy atom. The molecular weight excluding hydrogens is 346 g/mol. The van der Waals surface area contributed by atoms with Crippen LogP contribution in [-0.2, 0) is 27.3 Å². The van der Waals surface area contributed by atoms with Gasteiger partial charge in [-0.15, -0.1) is 0 Å². The molecule has 2 aromatic carbocycles. The van der Waals surface area contributed by atoms with E-state index in [0.29, 0.717) is 37.9 Å². The molecule has 1 aromatic heterocycles. The van der Waals surface area contributed by atoms with Gasteiger partial charge in [-0.2, -0.15) is 4.98 Å². The van der Waals surface area contributed by atoms with E-state index in [0.717, 1.165) is 16.3 Å². The number of ether oxygens (including phenoxy) is 2. The molecule has 1 saturated heterocycles. The zero-order chi connectivity index (χ0) is 18.6. The average molecular weight is 367 g/mol. The van der Waals surface area contributed by atoms with Gasteiger partial charge in [0.05, 0.1) is 19.6 Å². The van der Waals surface area contributed by atoms with Gasteiger partial charge in [0, 0.05) is 13.7 Å². The summed E-state index contributed by atoms with van der Waals surface area (Å²) < 4.78 is 15.7. The van der Waals surface area contributed by atoms with E-state index in [9.17, 15) is 4.79 Å². The van der Waals surface area contributed by atoms with Crippen LogP contribution in [0.5, 0.6) is 0 Å². The van der Waals surface area contributed by atoms with E-state index in [1.54, 1.807) is 12.0 Å². The molecule has 0 aliphatic carbocycles. The third kappa shape index (κ3) is 3.84. The van der Waals surface area contributed by atoms with E-state index < -0.39 is 0 Å². The van der Waals surface area contributed by atoms with E-state index in [-0.39, 0.29) is 18.6 Å². The van der Waals surface area contributed by atoms with E-state index >= 15 is 0 Å². The number of aromatic nitrogens is 2. The molecule has 4 rings (SSSR count). The molecule has 3 aromatic rings. The molecule has 0 unspecified atom stereocenters. The second kappa shape index (κ2) is 7.85. The Hall–Kier alpha value is -2.77. The van der Waals surface area contributed by atoms with Crippen molar-refractivity contribution in [2.45, 2.75) is 19.1 Å². The minimum Gasteiger partial charge on any atom is -0.377 e. The lowest BCUT2D eigenvalue weighted by Gasteiger charge is -2.33. The summed E-state index contributed by atoms with van der Waals surface area (Å²) in [5.74, 6) is 0.866. The molecule has 1 aliphatic rings. The fourth-order valence-corrected chi connectivity index (χ4v) is 3.33. The van der Waals surface area contributed by atoms with Crippen LogP contribution in [0.3, 0.4) is 0 Å². The van der Waals surface area contributed by atoms with Crippen LogP contribution < -0.4 is 0 Å². The van der Waals surface area contributed by atoms with Gasteiger partial charge in [0.25, 0.3) is 5.89 Å². The van der Waals surface area contributed by atoms with Crippen molar-refractivity contribution in [2.75, 3.05) is 26.9 Å². The molecule has 7 heteroatoms. The number of hydrogen-bond acceptors (Lipinski definition) is 6. The third-order valence-electron chi connectivity index (χ3n) is 4.67. The van der Waals surface area contributed by atoms with Gasteiger partial charge >= 0.3 is 0 Å². The van der Waals surface area contributed by atoms with Gasteiger partial charge in [-0.05, 0) is 16.3 Å². The highest BCUT2D eigenvalue weighted by molar-refractivity contribution is 5.85. The monoisotopic (exact) mass is 367 g/mol. The Labute approximate surface area is 156 Å². The lowest BCUT2D eigenvalue weighted by atomic mass is 10.0. The normalized spacial score (nSPS) is 17.4. The summed E-state index contributed by atoms with van der Waals surface area (Å²) >= 11 is 0. The Balaban J connectivity index is 1.52. The topological polar surface area (TPSA) is 77.7 Å². The van der Waals surface area contributed by atoms with Crippen molar-refractivity contribution in [3.63, 3.8) is 0 Å². The van der Waals surface area contributed by atoms with Crippen molar-refractivity contribution < 1.29 is 18.8 Å². The molecule has 1 aliphatic heterocycles. The van der Waals surface area contributed by atoms with Gasteiger partial charge in [-0.1, -0.05) is 47.6 Å². The number of carbonyl (C=O) groups excluding carboxylic acids is 1. The van der Waals surface area contributed by atoms with Crippen LogP contribution in [0.25, 0.3) is 10.8 Å². The van der Waals surface area contributed by atoms with Gasteiger partial charge in [0.2, 0.25) is 5.91 Å². The maximum atomic E-state index is 13.0. The number of fused-ring (bicyclic) bond motifs is 1. The zero-order valence-corrected chi connectivity index (χ0v) is 15.1. The lowest BCUT2D eigenvalue weighted by Crippen LogP contribution is -2.44. The highest BCUT2D eigenvalue weighted by atomic mass is 16.5. The maximum Gasteiger partial charge on any atom is 0.252 e. The number of morpholine rings is 1. The molecule has 1 atom stereocenters. The second-order valence-corrected chi connectivity index (χ2v) is 6.52. The number of benzene rings is 2. The molecule has 2 heterocycles. The first-order chi connectivity index (χ1) is 13.2. The molecule has 1 amide bonds. The fraction of sp³-hybridized carbons (Fsp3) is 0.350. The highest BCUT2D eigenvalue weighted by Gasteiger charge is 2.32. The Bertz CT molecular complexity index is 940. The molecule has 1 fully saturated rings. The van der Waals surface area contributed by atoms with Crippen LogP contribution >= 0.6 is 0 Å². The Kier molecular flexibility index (Phi) is 5.13. The van der Waals surface area contributed by atoms with Crippen molar-refractivity contribution >= 4 is 16.7 Å². The third-order valence-corrected chi connectivity index (χ3v) is 4.67. The predicted octanol–water partition coefficient (Wildman–Crippen LogP) is 2.51. The van der Waals surface area contributed by atoms with Crippen molar-refractivity contribution in [3.8, 4) is 0 Å². The van der Waals surface area contributed by atoms with Crippen molar-refractivity contribution in [2.24, 2.45) is 0 Å². The van der Waals surface area contributed by atoms with Crippen LogP contribution in [0.15, 0.2) is 47.0 Å². The number of amides is 1. The second-order valence-electron chi connectivity index (χ2n) is 6.52. The van der Waals surface area contributed by atoms with Crippen molar-refractivity contribution in [1.82, 2.24) is 15.0 Å². The van der Waals surface area contributed by atoms with Gasteiger partial charge < -0.3 is 18.9 Å². The summed E-state index contributed by atoms with van der Waals surface area (Å²) in [4.78, 5) is 19.1. The minimum absolute atomic E-state index is 0.0247. The van der Waals surface area contributed by atoms with Crippen LogP contribution in [0.2, 0.25) is 0 Å². The first-order valence-electron chi connectivity index (χ1n) is 8.91. The first kappa shape index (κ1) is 17.6. The van der Waals surface area contributed by atoms with Crippen LogP contribution in [0.4, 0.5) is 0 Å². The van der Waals surface area contributed by atoms with Gasteiger partial charge in [-0.3, -0.25) is 4.79 Å². The summed E-state index contributed by atoms with van der Waals surface area (Å²) in [7, 11) is 1.56. The fourth-order valence-electron chi connectivity index (χ4n) is 3.33.